The minimum atomic E-state index is -1.47. The van der Waals surface area contributed by atoms with Crippen molar-refractivity contribution in [3.05, 3.63) is 70.0 Å². The molecule has 0 saturated carbocycles. The molecular formula is C39H49NO10. The molecule has 1 aliphatic carbocycles. The van der Waals surface area contributed by atoms with Crippen LogP contribution >= 0.6 is 0 Å². The van der Waals surface area contributed by atoms with E-state index in [0.29, 0.717) is 0 Å². The summed E-state index contributed by atoms with van der Waals surface area (Å²) in [6.07, 6.45) is 7.80. The number of methoxy groups -OCH3 is 1. The lowest BCUT2D eigenvalue weighted by atomic mass is 9.77. The Morgan fingerprint density at radius 2 is 1.56 bits per heavy atom. The highest BCUT2D eigenvalue weighted by Crippen LogP contribution is 2.48. The Labute approximate surface area is 293 Å². The molecule has 11 heteroatoms. The van der Waals surface area contributed by atoms with E-state index >= 15 is 0 Å². The number of aromatic hydroxyl groups is 1. The molecule has 1 fully saturated rings. The number of ether oxygens (including phenoxy) is 4. The number of aliphatic hydroxyl groups is 1. The van der Waals surface area contributed by atoms with Crippen LogP contribution in [0.2, 0.25) is 0 Å². The first-order valence-corrected chi connectivity index (χ1v) is 17.2. The van der Waals surface area contributed by atoms with Gasteiger partial charge in [-0.3, -0.25) is 19.2 Å². The van der Waals surface area contributed by atoms with Gasteiger partial charge < -0.3 is 34.5 Å². The van der Waals surface area contributed by atoms with Crippen molar-refractivity contribution in [2.75, 3.05) is 7.11 Å². The van der Waals surface area contributed by atoms with E-state index in [9.17, 15) is 29.4 Å². The topological polar surface area (TPSA) is 158 Å². The number of amides is 1. The summed E-state index contributed by atoms with van der Waals surface area (Å²) in [6.45, 7) is 16.3. The quantitative estimate of drug-likeness (QED) is 0.330. The van der Waals surface area contributed by atoms with Gasteiger partial charge in [-0.05, 0) is 34.6 Å². The third-order valence-corrected chi connectivity index (χ3v) is 10.7. The van der Waals surface area contributed by atoms with E-state index in [4.69, 9.17) is 18.9 Å². The van der Waals surface area contributed by atoms with Crippen molar-refractivity contribution in [3.63, 3.8) is 0 Å². The van der Waals surface area contributed by atoms with E-state index in [2.05, 4.69) is 5.32 Å². The highest BCUT2D eigenvalue weighted by atomic mass is 16.7. The van der Waals surface area contributed by atoms with Crippen LogP contribution < -0.4 is 10.1 Å². The molecule has 50 heavy (non-hydrogen) atoms. The average molecular weight is 692 g/mol. The summed E-state index contributed by atoms with van der Waals surface area (Å²) < 4.78 is 24.8. The standard InChI is InChI=1S/C39H49NO10/c1-18-13-11-14-19(2)37(46)40-24-17-25(41)27-28(32(24)44)31(43)22(5)35-29(27)36(45)39(9,50-35)16-12-15-26(47-10)20(3)30(42)21(4)34-23(6)33(18)48-38(7,8)49-34/h11-15,17-18,20-21,23,26,30,33-34,42-43H,16H2,1-10H3,(H,40,46)/b13-11+,15-12+,19-14-/t18-,20+,21-,23+,26-,30+,33-,34-,39+/m0/s1. The Balaban J connectivity index is 1.59. The molecule has 4 aliphatic heterocycles. The minimum absolute atomic E-state index is 0.0298. The monoisotopic (exact) mass is 691 g/mol. The highest BCUT2D eigenvalue weighted by Gasteiger charge is 2.50. The molecule has 6 rings (SSSR count). The Bertz CT molecular complexity index is 1730. The molecule has 1 aromatic rings. The number of rotatable bonds is 1. The van der Waals surface area contributed by atoms with Gasteiger partial charge in [0.1, 0.15) is 11.5 Å². The number of aliphatic hydroxyl groups excluding tert-OH is 1. The first-order valence-electron chi connectivity index (χ1n) is 17.2. The number of benzene rings is 1. The number of hydrogen-bond donors (Lipinski definition) is 3. The fraction of sp³-hybridized carbons (Fsp3) is 0.538. The number of hydrogen-bond acceptors (Lipinski definition) is 10. The maximum absolute atomic E-state index is 14.0. The van der Waals surface area contributed by atoms with Gasteiger partial charge in [0.25, 0.3) is 5.91 Å². The number of phenols is 1. The Morgan fingerprint density at radius 3 is 2.22 bits per heavy atom. The molecule has 1 amide bonds. The van der Waals surface area contributed by atoms with Gasteiger partial charge in [0.15, 0.2) is 17.2 Å². The second-order valence-corrected chi connectivity index (χ2v) is 14.9. The second-order valence-electron chi connectivity index (χ2n) is 14.9. The van der Waals surface area contributed by atoms with E-state index in [0.717, 1.165) is 6.08 Å². The Kier molecular flexibility index (Phi) is 10.2. The van der Waals surface area contributed by atoms with Gasteiger partial charge in [-0.15, -0.1) is 0 Å². The molecule has 1 saturated heterocycles. The third kappa shape index (κ3) is 6.52. The lowest BCUT2D eigenvalue weighted by molar-refractivity contribution is -0.336. The molecule has 11 nitrogen and oxygen atoms in total. The van der Waals surface area contributed by atoms with Gasteiger partial charge in [-0.25, -0.2) is 0 Å². The van der Waals surface area contributed by atoms with E-state index in [-0.39, 0.29) is 81.6 Å². The Morgan fingerprint density at radius 1 is 0.900 bits per heavy atom. The van der Waals surface area contributed by atoms with Crippen molar-refractivity contribution in [3.8, 4) is 11.5 Å². The summed E-state index contributed by atoms with van der Waals surface area (Å²) in [6, 6.07) is 0. The first-order chi connectivity index (χ1) is 23.3. The van der Waals surface area contributed by atoms with Gasteiger partial charge >= 0.3 is 0 Å². The average Bonchev–Trinajstić information content (AvgIpc) is 3.32. The lowest BCUT2D eigenvalue weighted by Gasteiger charge is -2.49. The number of phenolic OH excluding ortho intramolecular Hbond substituents is 1. The molecule has 0 unspecified atom stereocenters. The number of carbonyl (C=O) groups is 4. The number of nitrogens with one attached hydrogen (secondary N) is 1. The van der Waals surface area contributed by atoms with Crippen LogP contribution in [0.5, 0.6) is 11.5 Å². The molecule has 1 aromatic carbocycles. The maximum Gasteiger partial charge on any atom is 0.251 e. The third-order valence-electron chi connectivity index (χ3n) is 10.7. The smallest absolute Gasteiger partial charge is 0.251 e. The van der Waals surface area contributed by atoms with Gasteiger partial charge in [0.05, 0.1) is 46.8 Å². The van der Waals surface area contributed by atoms with E-state index in [1.807, 2.05) is 47.6 Å². The molecule has 0 spiro atoms. The van der Waals surface area contributed by atoms with Crippen LogP contribution in [0.3, 0.4) is 0 Å². The number of carbonyl (C=O) groups excluding carboxylic acids is 4. The van der Waals surface area contributed by atoms with Crippen LogP contribution in [0.15, 0.2) is 47.7 Å². The summed E-state index contributed by atoms with van der Waals surface area (Å²) in [5, 5.41) is 25.4. The molecule has 270 valence electrons. The summed E-state index contributed by atoms with van der Waals surface area (Å²) in [5.41, 5.74) is -2.08. The molecular weight excluding hydrogens is 642 g/mol. The summed E-state index contributed by atoms with van der Waals surface area (Å²) >= 11 is 0. The maximum atomic E-state index is 14.0. The normalized spacial score (nSPS) is 36.9. The predicted octanol–water partition coefficient (Wildman–Crippen LogP) is 5.32. The predicted molar refractivity (Wildman–Crippen MR) is 185 cm³/mol. The van der Waals surface area contributed by atoms with Crippen LogP contribution in [0.25, 0.3) is 0 Å². The number of allylic oxidation sites excluding steroid dienone is 4. The van der Waals surface area contributed by atoms with Crippen molar-refractivity contribution in [2.24, 2.45) is 23.7 Å². The zero-order chi connectivity index (χ0) is 37.0. The van der Waals surface area contributed by atoms with Gasteiger partial charge in [-0.2, -0.15) is 0 Å². The summed E-state index contributed by atoms with van der Waals surface area (Å²) in [7, 11) is 1.55. The van der Waals surface area contributed by atoms with E-state index < -0.39 is 52.6 Å². The molecule has 0 aromatic heterocycles. The van der Waals surface area contributed by atoms with Gasteiger partial charge in [0.2, 0.25) is 11.6 Å². The SMILES string of the molecule is CO[C@H]1/C=C/C[C@@]2(C)Oc3c(C)c(O)c4c(c3C2=O)C(=O)C=C(NC(=O)/C(C)=C\C=C\[C@H](C)[C@@H]2OC(C)(C)O[C@@H]([C@@H](C)[C@H](O)[C@@H]1C)[C@@H]2C)C4=O. The lowest BCUT2D eigenvalue weighted by Crippen LogP contribution is -2.56. The van der Waals surface area contributed by atoms with E-state index in [1.54, 1.807) is 45.3 Å². The van der Waals surface area contributed by atoms with Crippen LogP contribution in [-0.2, 0) is 19.0 Å². The van der Waals surface area contributed by atoms with Crippen molar-refractivity contribution in [1.82, 2.24) is 5.32 Å². The largest absolute Gasteiger partial charge is 0.507 e. The zero-order valence-electron chi connectivity index (χ0n) is 30.5. The van der Waals surface area contributed by atoms with Crippen molar-refractivity contribution in [2.45, 2.75) is 105 Å². The van der Waals surface area contributed by atoms with E-state index in [1.165, 1.54) is 6.92 Å². The fourth-order valence-electron chi connectivity index (χ4n) is 7.62. The van der Waals surface area contributed by atoms with Gasteiger partial charge in [-0.1, -0.05) is 58.1 Å². The minimum Gasteiger partial charge on any atom is -0.507 e. The number of fused-ring (bicyclic) bond motifs is 10. The fourth-order valence-corrected chi connectivity index (χ4v) is 7.62. The molecule has 7 bridgehead atoms. The highest BCUT2D eigenvalue weighted by molar-refractivity contribution is 6.31. The van der Waals surface area contributed by atoms with Crippen LogP contribution in [0.1, 0.15) is 98.4 Å². The number of ketones is 3. The summed E-state index contributed by atoms with van der Waals surface area (Å²) in [4.78, 5) is 54.5. The van der Waals surface area contributed by atoms with Crippen LogP contribution in [-0.4, -0.2) is 76.4 Å². The molecule has 4 heterocycles. The van der Waals surface area contributed by atoms with Crippen molar-refractivity contribution >= 4 is 23.3 Å². The van der Waals surface area contributed by atoms with Crippen LogP contribution in [0.4, 0.5) is 0 Å². The van der Waals surface area contributed by atoms with Crippen LogP contribution in [0, 0.1) is 30.6 Å². The second kappa shape index (κ2) is 13.7. The van der Waals surface area contributed by atoms with Crippen molar-refractivity contribution < 1.29 is 48.3 Å². The summed E-state index contributed by atoms with van der Waals surface area (Å²) in [5.74, 6) is -4.97. The number of Topliss-reactive ketones (excluding diaryl/α,β-unsaturated/α-hetero) is 2. The zero-order valence-corrected chi connectivity index (χ0v) is 30.5. The Hall–Kier alpha value is -3.90. The van der Waals surface area contributed by atoms with Crippen molar-refractivity contribution in [1.29, 1.82) is 0 Å². The molecule has 5 aliphatic rings. The first kappa shape index (κ1) is 37.4. The molecule has 3 N–H and O–H groups in total. The molecule has 9 atom stereocenters. The molecule has 0 radical (unpaired) electrons. The van der Waals surface area contributed by atoms with Gasteiger partial charge in [0, 0.05) is 54.4 Å².